The fourth-order valence-corrected chi connectivity index (χ4v) is 3.03. The summed E-state index contributed by atoms with van der Waals surface area (Å²) < 4.78 is 52.0. The first-order valence-electron chi connectivity index (χ1n) is 7.50. The molecule has 0 saturated heterocycles. The summed E-state index contributed by atoms with van der Waals surface area (Å²) in [5, 5.41) is 2.65. The number of carbonyl (C=O) groups is 1. The molecule has 1 amide bonds. The van der Waals surface area contributed by atoms with E-state index in [1.807, 2.05) is 12.1 Å². The molecule has 0 unspecified atom stereocenters. The zero-order chi connectivity index (χ0) is 18.3. The van der Waals surface area contributed by atoms with E-state index in [9.17, 15) is 22.0 Å². The highest BCUT2D eigenvalue weighted by molar-refractivity contribution is 7.89. The summed E-state index contributed by atoms with van der Waals surface area (Å²) in [7, 11) is -4.01. The molecule has 1 heterocycles. The lowest BCUT2D eigenvalue weighted by atomic mass is 10.2. The molecule has 2 N–H and O–H groups in total. The van der Waals surface area contributed by atoms with E-state index in [1.54, 1.807) is 12.3 Å². The minimum Gasteiger partial charge on any atom is -0.356 e. The monoisotopic (exact) mass is 369 g/mol. The maximum absolute atomic E-state index is 13.1. The molecule has 0 saturated carbocycles. The molecule has 0 bridgehead atoms. The summed E-state index contributed by atoms with van der Waals surface area (Å²) in [4.78, 5) is 15.4. The van der Waals surface area contributed by atoms with Crippen molar-refractivity contribution in [2.45, 2.75) is 17.7 Å². The van der Waals surface area contributed by atoms with Gasteiger partial charge in [0.25, 0.3) is 0 Å². The van der Waals surface area contributed by atoms with E-state index in [0.717, 1.165) is 17.8 Å². The Morgan fingerprint density at radius 2 is 1.88 bits per heavy atom. The Hall–Kier alpha value is -2.39. The second-order valence-corrected chi connectivity index (χ2v) is 6.91. The van der Waals surface area contributed by atoms with Gasteiger partial charge in [0, 0.05) is 37.8 Å². The van der Waals surface area contributed by atoms with Gasteiger partial charge >= 0.3 is 0 Å². The van der Waals surface area contributed by atoms with Gasteiger partial charge in [-0.15, -0.1) is 0 Å². The third-order valence-corrected chi connectivity index (χ3v) is 4.73. The summed E-state index contributed by atoms with van der Waals surface area (Å²) in [5.41, 5.74) is 0.835. The third kappa shape index (κ3) is 5.87. The molecule has 2 aromatic rings. The number of hydrogen-bond donors (Lipinski definition) is 2. The smallest absolute Gasteiger partial charge is 0.240 e. The fraction of sp³-hybridized carbons (Fsp3) is 0.250. The molecule has 9 heteroatoms. The standard InChI is InChI=1S/C16H17F2N3O3S/c17-14-5-4-13(11-15(14)18)25(23,24)21-10-7-16(22)20-9-6-12-3-1-2-8-19-12/h1-5,8,11,21H,6-7,9-10H2,(H,20,22). The highest BCUT2D eigenvalue weighted by atomic mass is 32.2. The van der Waals surface area contributed by atoms with Crippen LogP contribution in [-0.4, -0.2) is 32.4 Å². The molecule has 0 spiro atoms. The molecular weight excluding hydrogens is 352 g/mol. The summed E-state index contributed by atoms with van der Waals surface area (Å²) >= 11 is 0. The minimum atomic E-state index is -4.01. The Kier molecular flexibility index (Phi) is 6.54. The van der Waals surface area contributed by atoms with Crippen molar-refractivity contribution in [2.75, 3.05) is 13.1 Å². The summed E-state index contributed by atoms with van der Waals surface area (Å²) in [6.45, 7) is 0.225. The van der Waals surface area contributed by atoms with E-state index in [1.165, 1.54) is 0 Å². The summed E-state index contributed by atoms with van der Waals surface area (Å²) in [6, 6.07) is 7.74. The lowest BCUT2D eigenvalue weighted by Gasteiger charge is -2.08. The third-order valence-electron chi connectivity index (χ3n) is 3.27. The van der Waals surface area contributed by atoms with Crippen molar-refractivity contribution in [1.29, 1.82) is 0 Å². The summed E-state index contributed by atoms with van der Waals surface area (Å²) in [5.74, 6) is -2.72. The van der Waals surface area contributed by atoms with Gasteiger partial charge in [-0.25, -0.2) is 21.9 Å². The Labute approximate surface area is 144 Å². The predicted molar refractivity (Wildman–Crippen MR) is 87.1 cm³/mol. The van der Waals surface area contributed by atoms with Gasteiger partial charge in [-0.3, -0.25) is 9.78 Å². The first-order valence-corrected chi connectivity index (χ1v) is 8.98. The van der Waals surface area contributed by atoms with Gasteiger partial charge in [-0.05, 0) is 30.3 Å². The topological polar surface area (TPSA) is 88.2 Å². The Bertz CT molecular complexity index is 830. The molecule has 2 rings (SSSR count). The number of hydrogen-bond acceptors (Lipinski definition) is 4. The van der Waals surface area contributed by atoms with Crippen molar-refractivity contribution < 1.29 is 22.0 Å². The maximum Gasteiger partial charge on any atom is 0.240 e. The number of pyridine rings is 1. The molecule has 0 aliphatic heterocycles. The first kappa shape index (κ1) is 18.9. The zero-order valence-corrected chi connectivity index (χ0v) is 14.0. The molecule has 6 nitrogen and oxygen atoms in total. The van der Waals surface area contributed by atoms with Crippen LogP contribution < -0.4 is 10.0 Å². The van der Waals surface area contributed by atoms with Crippen LogP contribution >= 0.6 is 0 Å². The Balaban J connectivity index is 1.75. The van der Waals surface area contributed by atoms with Crippen molar-refractivity contribution >= 4 is 15.9 Å². The minimum absolute atomic E-state index is 0.0782. The zero-order valence-electron chi connectivity index (χ0n) is 13.2. The van der Waals surface area contributed by atoms with Crippen LogP contribution in [0.3, 0.4) is 0 Å². The van der Waals surface area contributed by atoms with E-state index < -0.39 is 26.6 Å². The van der Waals surface area contributed by atoms with Crippen molar-refractivity contribution in [3.63, 3.8) is 0 Å². The molecule has 25 heavy (non-hydrogen) atoms. The molecule has 0 fully saturated rings. The van der Waals surface area contributed by atoms with Crippen molar-refractivity contribution in [3.8, 4) is 0 Å². The predicted octanol–water partition coefficient (Wildman–Crippen LogP) is 1.39. The first-order chi connectivity index (χ1) is 11.9. The average molecular weight is 369 g/mol. The van der Waals surface area contributed by atoms with Gasteiger partial charge in [0.2, 0.25) is 15.9 Å². The molecule has 1 aromatic heterocycles. The number of benzene rings is 1. The fourth-order valence-electron chi connectivity index (χ4n) is 1.99. The largest absolute Gasteiger partial charge is 0.356 e. The number of sulfonamides is 1. The van der Waals surface area contributed by atoms with Gasteiger partial charge < -0.3 is 5.32 Å². The molecule has 0 radical (unpaired) electrons. The Morgan fingerprint density at radius 1 is 1.08 bits per heavy atom. The van der Waals surface area contributed by atoms with Crippen LogP contribution in [0.2, 0.25) is 0 Å². The van der Waals surface area contributed by atoms with Crippen LogP contribution in [-0.2, 0) is 21.2 Å². The van der Waals surface area contributed by atoms with Crippen LogP contribution in [0.15, 0.2) is 47.5 Å². The van der Waals surface area contributed by atoms with Gasteiger partial charge in [-0.1, -0.05) is 6.07 Å². The Morgan fingerprint density at radius 3 is 2.56 bits per heavy atom. The molecule has 0 aliphatic carbocycles. The van der Waals surface area contributed by atoms with E-state index in [0.29, 0.717) is 19.0 Å². The van der Waals surface area contributed by atoms with E-state index >= 15 is 0 Å². The average Bonchev–Trinajstić information content (AvgIpc) is 2.58. The molecule has 0 aliphatic rings. The van der Waals surface area contributed by atoms with Crippen molar-refractivity contribution in [1.82, 2.24) is 15.0 Å². The number of nitrogens with zero attached hydrogens (tertiary/aromatic N) is 1. The van der Waals surface area contributed by atoms with Crippen molar-refractivity contribution in [2.24, 2.45) is 0 Å². The molecule has 134 valence electrons. The van der Waals surface area contributed by atoms with Crippen LogP contribution in [0, 0.1) is 11.6 Å². The van der Waals surface area contributed by atoms with E-state index in [2.05, 4.69) is 15.0 Å². The van der Waals surface area contributed by atoms with E-state index in [4.69, 9.17) is 0 Å². The normalized spacial score (nSPS) is 11.3. The molecule has 1 aromatic carbocycles. The number of halogens is 2. The number of nitrogens with one attached hydrogen (secondary N) is 2. The maximum atomic E-state index is 13.1. The number of carbonyl (C=O) groups excluding carboxylic acids is 1. The SMILES string of the molecule is O=C(CCNS(=O)(=O)c1ccc(F)c(F)c1)NCCc1ccccn1. The van der Waals surface area contributed by atoms with Gasteiger partial charge in [0.1, 0.15) is 0 Å². The molecule has 0 atom stereocenters. The van der Waals surface area contributed by atoms with E-state index in [-0.39, 0.29) is 18.9 Å². The van der Waals surface area contributed by atoms with Crippen LogP contribution in [0.4, 0.5) is 8.78 Å². The van der Waals surface area contributed by atoms with Gasteiger partial charge in [0.15, 0.2) is 11.6 Å². The van der Waals surface area contributed by atoms with Crippen molar-refractivity contribution in [3.05, 3.63) is 59.9 Å². The number of amides is 1. The lowest BCUT2D eigenvalue weighted by molar-refractivity contribution is -0.120. The second-order valence-electron chi connectivity index (χ2n) is 5.14. The second kappa shape index (κ2) is 8.63. The van der Waals surface area contributed by atoms with Crippen LogP contribution in [0.25, 0.3) is 0 Å². The lowest BCUT2D eigenvalue weighted by Crippen LogP contribution is -2.31. The highest BCUT2D eigenvalue weighted by Crippen LogP contribution is 2.13. The molecular formula is C16H17F2N3O3S. The highest BCUT2D eigenvalue weighted by Gasteiger charge is 2.16. The number of aromatic nitrogens is 1. The van der Waals surface area contributed by atoms with Crippen LogP contribution in [0.1, 0.15) is 12.1 Å². The number of rotatable bonds is 8. The quantitative estimate of drug-likeness (QED) is 0.736. The van der Waals surface area contributed by atoms with Gasteiger partial charge in [-0.2, -0.15) is 0 Å². The van der Waals surface area contributed by atoms with Gasteiger partial charge in [0.05, 0.1) is 4.90 Å². The summed E-state index contributed by atoms with van der Waals surface area (Å²) in [6.07, 6.45) is 2.14. The van der Waals surface area contributed by atoms with Crippen LogP contribution in [0.5, 0.6) is 0 Å².